The van der Waals surface area contributed by atoms with Crippen LogP contribution < -0.4 is 0 Å². The fourth-order valence-electron chi connectivity index (χ4n) is 7.05. The smallest absolute Gasteiger partial charge is 0.222 e. The molecule has 0 saturated heterocycles. The fraction of sp³-hybridized carbons (Fsp3) is 0.953. The van der Waals surface area contributed by atoms with Gasteiger partial charge in [0.1, 0.15) is 0 Å². The number of nitrogens with zero attached hydrogens (tertiary/aromatic N) is 2. The Morgan fingerprint density at radius 1 is 0.400 bits per heavy atom. The van der Waals surface area contributed by atoms with Gasteiger partial charge in [-0.3, -0.25) is 9.59 Å². The zero-order chi connectivity index (χ0) is 36.8. The topological polar surface area (TPSA) is 101 Å². The number of unbranched alkanes of at least 4 members (excludes halogenated alkanes) is 28. The van der Waals surface area contributed by atoms with E-state index in [2.05, 4.69) is 13.8 Å². The first-order valence-electron chi connectivity index (χ1n) is 21.9. The maximum absolute atomic E-state index is 12.9. The fourth-order valence-corrected chi connectivity index (χ4v) is 7.05. The lowest BCUT2D eigenvalue weighted by atomic mass is 10.0. The third-order valence-electron chi connectivity index (χ3n) is 10.3. The molecule has 0 aliphatic heterocycles. The molecule has 0 unspecified atom stereocenters. The van der Waals surface area contributed by atoms with Gasteiger partial charge in [0.05, 0.1) is 19.3 Å². The zero-order valence-electron chi connectivity index (χ0n) is 33.5. The van der Waals surface area contributed by atoms with Crippen LogP contribution in [0.2, 0.25) is 0 Å². The standard InChI is InChI=1S/C43H86N2O5/c1-3-5-7-9-11-13-15-17-19-21-23-25-27-29-31-33-42(49)44(35-37-46)39-41(48)40-45(36-38-47)43(50)34-32-30-28-26-24-22-20-18-16-14-12-10-8-6-4-2/h41,46-48H,3-40H2,1-2H3. The van der Waals surface area contributed by atoms with Crippen LogP contribution in [0.25, 0.3) is 0 Å². The van der Waals surface area contributed by atoms with E-state index in [9.17, 15) is 24.9 Å². The van der Waals surface area contributed by atoms with Gasteiger partial charge in [-0.2, -0.15) is 0 Å². The molecule has 0 fully saturated rings. The van der Waals surface area contributed by atoms with Crippen molar-refractivity contribution in [3.05, 3.63) is 0 Å². The van der Waals surface area contributed by atoms with Gasteiger partial charge in [0.2, 0.25) is 11.8 Å². The highest BCUT2D eigenvalue weighted by Crippen LogP contribution is 2.16. The van der Waals surface area contributed by atoms with Gasteiger partial charge in [0.15, 0.2) is 0 Å². The van der Waals surface area contributed by atoms with E-state index in [1.165, 1.54) is 164 Å². The van der Waals surface area contributed by atoms with Crippen LogP contribution >= 0.6 is 0 Å². The normalized spacial score (nSPS) is 11.5. The Hall–Kier alpha value is -1.18. The summed E-state index contributed by atoms with van der Waals surface area (Å²) in [6.45, 7) is 4.76. The first-order valence-corrected chi connectivity index (χ1v) is 21.9. The summed E-state index contributed by atoms with van der Waals surface area (Å²) in [7, 11) is 0. The van der Waals surface area contributed by atoms with Crippen LogP contribution in [0.3, 0.4) is 0 Å². The molecule has 0 heterocycles. The molecule has 2 amide bonds. The molecule has 298 valence electrons. The second-order valence-electron chi connectivity index (χ2n) is 15.2. The third kappa shape index (κ3) is 32.7. The minimum Gasteiger partial charge on any atom is -0.395 e. The maximum Gasteiger partial charge on any atom is 0.222 e. The summed E-state index contributed by atoms with van der Waals surface area (Å²) in [5.41, 5.74) is 0. The Balaban J connectivity index is 4.04. The van der Waals surface area contributed by atoms with Crippen molar-refractivity contribution in [3.8, 4) is 0 Å². The number of rotatable bonds is 40. The van der Waals surface area contributed by atoms with E-state index in [1.54, 1.807) is 0 Å². The molecule has 0 atom stereocenters. The van der Waals surface area contributed by atoms with E-state index in [4.69, 9.17) is 0 Å². The van der Waals surface area contributed by atoms with Crippen molar-refractivity contribution in [1.29, 1.82) is 0 Å². The van der Waals surface area contributed by atoms with E-state index >= 15 is 0 Å². The summed E-state index contributed by atoms with van der Waals surface area (Å²) >= 11 is 0. The molecule has 3 N–H and O–H groups in total. The average Bonchev–Trinajstić information content (AvgIpc) is 3.11. The maximum atomic E-state index is 12.9. The third-order valence-corrected chi connectivity index (χ3v) is 10.3. The highest BCUT2D eigenvalue weighted by Gasteiger charge is 2.21. The molecule has 7 heteroatoms. The van der Waals surface area contributed by atoms with Gasteiger partial charge >= 0.3 is 0 Å². The van der Waals surface area contributed by atoms with Gasteiger partial charge < -0.3 is 25.1 Å². The molecule has 0 saturated carbocycles. The van der Waals surface area contributed by atoms with Gasteiger partial charge in [0.25, 0.3) is 0 Å². The van der Waals surface area contributed by atoms with Gasteiger partial charge in [-0.15, -0.1) is 0 Å². The average molecular weight is 711 g/mol. The molecule has 7 nitrogen and oxygen atoms in total. The monoisotopic (exact) mass is 711 g/mol. The van der Waals surface area contributed by atoms with Crippen molar-refractivity contribution in [2.45, 2.75) is 225 Å². The number of carbonyl (C=O) groups is 2. The van der Waals surface area contributed by atoms with E-state index in [-0.39, 0.29) is 51.2 Å². The molecule has 0 aromatic rings. The Bertz CT molecular complexity index is 663. The lowest BCUT2D eigenvalue weighted by Gasteiger charge is -2.29. The molecule has 0 spiro atoms. The predicted octanol–water partition coefficient (Wildman–Crippen LogP) is 10.5. The van der Waals surface area contributed by atoms with Crippen LogP contribution in [0.1, 0.15) is 219 Å². The SMILES string of the molecule is CCCCCCCCCCCCCCCCCC(=O)N(CCO)CC(O)CN(CCO)C(=O)CCCCCCCCCCCCCCCCC. The summed E-state index contributed by atoms with van der Waals surface area (Å²) in [6.07, 6.45) is 38.2. The van der Waals surface area contributed by atoms with Crippen molar-refractivity contribution >= 4 is 11.8 Å². The second kappa shape index (κ2) is 39.0. The van der Waals surface area contributed by atoms with Gasteiger partial charge in [-0.1, -0.05) is 194 Å². The molecule has 0 aliphatic rings. The van der Waals surface area contributed by atoms with Gasteiger partial charge in [0, 0.05) is 39.0 Å². The quantitative estimate of drug-likeness (QED) is 0.0550. The Labute approximate surface area is 310 Å². The molecule has 50 heavy (non-hydrogen) atoms. The second-order valence-corrected chi connectivity index (χ2v) is 15.2. The van der Waals surface area contributed by atoms with Crippen LogP contribution in [0.4, 0.5) is 0 Å². The largest absolute Gasteiger partial charge is 0.395 e. The minimum absolute atomic E-state index is 0.0503. The predicted molar refractivity (Wildman–Crippen MR) is 212 cm³/mol. The molecular weight excluding hydrogens is 624 g/mol. The van der Waals surface area contributed by atoms with Crippen LogP contribution in [-0.2, 0) is 9.59 Å². The van der Waals surface area contributed by atoms with E-state index < -0.39 is 6.10 Å². The first kappa shape index (κ1) is 48.8. The number of carbonyl (C=O) groups excluding carboxylic acids is 2. The minimum atomic E-state index is -0.914. The van der Waals surface area contributed by atoms with E-state index in [0.29, 0.717) is 12.8 Å². The number of aliphatic hydroxyl groups excluding tert-OH is 3. The van der Waals surface area contributed by atoms with Crippen molar-refractivity contribution in [3.63, 3.8) is 0 Å². The number of amides is 2. The van der Waals surface area contributed by atoms with Crippen LogP contribution in [0.15, 0.2) is 0 Å². The molecule has 0 aromatic heterocycles. The molecule has 0 aromatic carbocycles. The molecule has 0 rings (SSSR count). The summed E-state index contributed by atoms with van der Waals surface area (Å²) in [5, 5.41) is 29.9. The van der Waals surface area contributed by atoms with E-state index in [0.717, 1.165) is 38.5 Å². The summed E-state index contributed by atoms with van der Waals surface area (Å²) in [4.78, 5) is 28.9. The molecule has 0 aliphatic carbocycles. The van der Waals surface area contributed by atoms with Gasteiger partial charge in [-0.05, 0) is 12.8 Å². The Morgan fingerprint density at radius 3 is 0.840 bits per heavy atom. The van der Waals surface area contributed by atoms with Crippen molar-refractivity contribution in [2.24, 2.45) is 0 Å². The van der Waals surface area contributed by atoms with Gasteiger partial charge in [-0.25, -0.2) is 0 Å². The van der Waals surface area contributed by atoms with E-state index in [1.807, 2.05) is 0 Å². The van der Waals surface area contributed by atoms with Crippen molar-refractivity contribution in [2.75, 3.05) is 39.4 Å². The number of aliphatic hydroxyl groups is 3. The van der Waals surface area contributed by atoms with Crippen LogP contribution in [0.5, 0.6) is 0 Å². The number of hydrogen-bond donors (Lipinski definition) is 3. The molecular formula is C43H86N2O5. The van der Waals surface area contributed by atoms with Crippen LogP contribution in [-0.4, -0.2) is 82.4 Å². The first-order chi connectivity index (χ1) is 24.5. The summed E-state index contributed by atoms with van der Waals surface area (Å²) < 4.78 is 0. The molecule has 0 bridgehead atoms. The molecule has 0 radical (unpaired) electrons. The summed E-state index contributed by atoms with van der Waals surface area (Å²) in [6, 6.07) is 0. The van der Waals surface area contributed by atoms with Crippen molar-refractivity contribution in [1.82, 2.24) is 9.80 Å². The van der Waals surface area contributed by atoms with Crippen LogP contribution in [0, 0.1) is 0 Å². The lowest BCUT2D eigenvalue weighted by Crippen LogP contribution is -2.46. The summed E-state index contributed by atoms with van der Waals surface area (Å²) in [5.74, 6) is -0.101. The zero-order valence-corrected chi connectivity index (χ0v) is 33.5. The Kier molecular flexibility index (Phi) is 38.1. The highest BCUT2D eigenvalue weighted by molar-refractivity contribution is 5.77. The lowest BCUT2D eigenvalue weighted by molar-refractivity contribution is -0.135. The highest BCUT2D eigenvalue weighted by atomic mass is 16.3. The number of hydrogen-bond acceptors (Lipinski definition) is 5. The van der Waals surface area contributed by atoms with Crippen molar-refractivity contribution < 1.29 is 24.9 Å². The Morgan fingerprint density at radius 2 is 0.620 bits per heavy atom.